The van der Waals surface area contributed by atoms with Gasteiger partial charge in [0.25, 0.3) is 0 Å². The number of nitrogens with two attached hydrogens (primary N) is 1. The van der Waals surface area contributed by atoms with Crippen LogP contribution in [0.4, 0.5) is 15.8 Å². The number of rotatable bonds is 4. The molecule has 0 aliphatic heterocycles. The molecule has 4 nitrogen and oxygen atoms in total. The number of nitrogen functional groups attached to an aromatic ring is 1. The van der Waals surface area contributed by atoms with Crippen LogP contribution in [0, 0.1) is 5.82 Å². The maximum atomic E-state index is 13.5. The van der Waals surface area contributed by atoms with Crippen LogP contribution in [0.25, 0.3) is 0 Å². The van der Waals surface area contributed by atoms with Gasteiger partial charge in [-0.25, -0.2) is 9.18 Å². The van der Waals surface area contributed by atoms with Gasteiger partial charge < -0.3 is 15.8 Å². The van der Waals surface area contributed by atoms with E-state index in [0.717, 1.165) is 0 Å². The van der Waals surface area contributed by atoms with Crippen molar-refractivity contribution >= 4 is 17.3 Å². The van der Waals surface area contributed by atoms with Crippen LogP contribution < -0.4 is 11.1 Å². The molecule has 20 heavy (non-hydrogen) atoms. The van der Waals surface area contributed by atoms with Gasteiger partial charge in [0, 0.05) is 23.5 Å². The molecule has 0 spiro atoms. The zero-order chi connectivity index (χ0) is 14.5. The maximum Gasteiger partial charge on any atom is 0.340 e. The van der Waals surface area contributed by atoms with Crippen molar-refractivity contribution in [3.05, 3.63) is 59.4 Å². The Morgan fingerprint density at radius 1 is 1.30 bits per heavy atom. The number of ether oxygens (including phenoxy) is 1. The summed E-state index contributed by atoms with van der Waals surface area (Å²) in [7, 11) is 1.29. The molecule has 0 aliphatic rings. The van der Waals surface area contributed by atoms with E-state index < -0.39 is 5.97 Å². The molecule has 2 aromatic rings. The molecule has 0 bridgehead atoms. The van der Waals surface area contributed by atoms with Crippen molar-refractivity contribution in [3.63, 3.8) is 0 Å². The zero-order valence-electron chi connectivity index (χ0n) is 11.0. The largest absolute Gasteiger partial charge is 0.465 e. The second-order valence-corrected chi connectivity index (χ2v) is 4.24. The fraction of sp³-hybridized carbons (Fsp3) is 0.133. The third kappa shape index (κ3) is 3.06. The van der Waals surface area contributed by atoms with Crippen LogP contribution in [0.15, 0.2) is 42.5 Å². The van der Waals surface area contributed by atoms with Crippen LogP contribution in [0.3, 0.4) is 0 Å². The van der Waals surface area contributed by atoms with Gasteiger partial charge in [-0.2, -0.15) is 0 Å². The number of hydrogen-bond acceptors (Lipinski definition) is 4. The van der Waals surface area contributed by atoms with E-state index in [2.05, 4.69) is 10.1 Å². The van der Waals surface area contributed by atoms with Gasteiger partial charge >= 0.3 is 5.97 Å². The third-order valence-electron chi connectivity index (χ3n) is 2.90. The number of esters is 1. The first kappa shape index (κ1) is 13.9. The summed E-state index contributed by atoms with van der Waals surface area (Å²) in [4.78, 5) is 11.5. The number of anilines is 2. The van der Waals surface area contributed by atoms with Gasteiger partial charge in [-0.1, -0.05) is 18.2 Å². The Balaban J connectivity index is 2.14. The fourth-order valence-corrected chi connectivity index (χ4v) is 1.79. The summed E-state index contributed by atoms with van der Waals surface area (Å²) in [6.45, 7) is 0.317. The average Bonchev–Trinajstić information content (AvgIpc) is 2.47. The monoisotopic (exact) mass is 274 g/mol. The molecule has 0 aliphatic carbocycles. The van der Waals surface area contributed by atoms with Crippen molar-refractivity contribution in [2.45, 2.75) is 6.54 Å². The Labute approximate surface area is 116 Å². The van der Waals surface area contributed by atoms with Crippen LogP contribution >= 0.6 is 0 Å². The molecule has 0 heterocycles. The quantitative estimate of drug-likeness (QED) is 0.664. The molecule has 5 heteroatoms. The van der Waals surface area contributed by atoms with E-state index in [1.165, 1.54) is 13.2 Å². The van der Waals surface area contributed by atoms with Crippen molar-refractivity contribution in [2.75, 3.05) is 18.2 Å². The number of hydrogen-bond donors (Lipinski definition) is 2. The van der Waals surface area contributed by atoms with E-state index in [9.17, 15) is 9.18 Å². The first-order chi connectivity index (χ1) is 9.61. The highest BCUT2D eigenvalue weighted by atomic mass is 19.1. The molecular weight excluding hydrogens is 259 g/mol. The van der Waals surface area contributed by atoms with E-state index in [4.69, 9.17) is 5.73 Å². The summed E-state index contributed by atoms with van der Waals surface area (Å²) in [5.41, 5.74) is 7.55. The Kier molecular flexibility index (Phi) is 4.20. The molecule has 0 amide bonds. The van der Waals surface area contributed by atoms with Crippen molar-refractivity contribution < 1.29 is 13.9 Å². The SMILES string of the molecule is COC(=O)c1cc(NCc2ccccc2F)ccc1N. The van der Waals surface area contributed by atoms with Gasteiger partial charge in [0.15, 0.2) is 0 Å². The summed E-state index contributed by atoms with van der Waals surface area (Å²) in [5.74, 6) is -0.777. The van der Waals surface area contributed by atoms with Crippen LogP contribution in [-0.2, 0) is 11.3 Å². The van der Waals surface area contributed by atoms with E-state index in [1.807, 2.05) is 0 Å². The highest BCUT2D eigenvalue weighted by Crippen LogP contribution is 2.19. The minimum atomic E-state index is -0.503. The van der Waals surface area contributed by atoms with Gasteiger partial charge in [0.2, 0.25) is 0 Å². The lowest BCUT2D eigenvalue weighted by Crippen LogP contribution is -2.07. The average molecular weight is 274 g/mol. The smallest absolute Gasteiger partial charge is 0.340 e. The summed E-state index contributed by atoms with van der Waals surface area (Å²) in [5, 5.41) is 3.05. The van der Waals surface area contributed by atoms with E-state index in [-0.39, 0.29) is 11.4 Å². The molecule has 104 valence electrons. The predicted octanol–water partition coefficient (Wildman–Crippen LogP) is 2.81. The van der Waals surface area contributed by atoms with Crippen LogP contribution in [0.1, 0.15) is 15.9 Å². The van der Waals surface area contributed by atoms with Gasteiger partial charge in [-0.05, 0) is 24.3 Å². The molecular formula is C15H15FN2O2. The molecule has 0 fully saturated rings. The number of nitrogens with one attached hydrogen (secondary N) is 1. The van der Waals surface area contributed by atoms with Gasteiger partial charge in [-0.15, -0.1) is 0 Å². The molecule has 3 N–H and O–H groups in total. The number of carbonyl (C=O) groups excluding carboxylic acids is 1. The van der Waals surface area contributed by atoms with Crippen molar-refractivity contribution in [3.8, 4) is 0 Å². The van der Waals surface area contributed by atoms with E-state index in [0.29, 0.717) is 23.5 Å². The van der Waals surface area contributed by atoms with E-state index in [1.54, 1.807) is 36.4 Å². The summed E-state index contributed by atoms with van der Waals surface area (Å²) in [6.07, 6.45) is 0. The highest BCUT2D eigenvalue weighted by Gasteiger charge is 2.10. The van der Waals surface area contributed by atoms with Crippen LogP contribution in [0.5, 0.6) is 0 Å². The second kappa shape index (κ2) is 6.06. The maximum absolute atomic E-state index is 13.5. The zero-order valence-corrected chi connectivity index (χ0v) is 11.0. The normalized spacial score (nSPS) is 10.1. The summed E-state index contributed by atoms with van der Waals surface area (Å²) >= 11 is 0. The second-order valence-electron chi connectivity index (χ2n) is 4.24. The van der Waals surface area contributed by atoms with Crippen molar-refractivity contribution in [2.24, 2.45) is 0 Å². The lowest BCUT2D eigenvalue weighted by Gasteiger charge is -2.10. The number of methoxy groups -OCH3 is 1. The van der Waals surface area contributed by atoms with Crippen LogP contribution in [-0.4, -0.2) is 13.1 Å². The topological polar surface area (TPSA) is 64.3 Å². The lowest BCUT2D eigenvalue weighted by molar-refractivity contribution is 0.0602. The summed E-state index contributed by atoms with van der Waals surface area (Å²) in [6, 6.07) is 11.4. The van der Waals surface area contributed by atoms with Gasteiger partial charge in [0.05, 0.1) is 12.7 Å². The molecule has 0 saturated heterocycles. The van der Waals surface area contributed by atoms with Crippen molar-refractivity contribution in [1.29, 1.82) is 0 Å². The number of carbonyl (C=O) groups is 1. The Bertz CT molecular complexity index is 629. The molecule has 0 unspecified atom stereocenters. The first-order valence-corrected chi connectivity index (χ1v) is 6.07. The molecule has 2 aromatic carbocycles. The van der Waals surface area contributed by atoms with Crippen LogP contribution in [0.2, 0.25) is 0 Å². The fourth-order valence-electron chi connectivity index (χ4n) is 1.79. The predicted molar refractivity (Wildman–Crippen MR) is 75.9 cm³/mol. The Morgan fingerprint density at radius 3 is 2.75 bits per heavy atom. The highest BCUT2D eigenvalue weighted by molar-refractivity contribution is 5.96. The van der Waals surface area contributed by atoms with Gasteiger partial charge in [0.1, 0.15) is 5.82 Å². The lowest BCUT2D eigenvalue weighted by atomic mass is 10.1. The van der Waals surface area contributed by atoms with Crippen molar-refractivity contribution in [1.82, 2.24) is 0 Å². The number of halogens is 1. The molecule has 0 aromatic heterocycles. The first-order valence-electron chi connectivity index (χ1n) is 6.07. The standard InChI is InChI=1S/C15H15FN2O2/c1-20-15(19)12-8-11(6-7-14(12)17)18-9-10-4-2-3-5-13(10)16/h2-8,18H,9,17H2,1H3. The Hall–Kier alpha value is -2.56. The van der Waals surface area contributed by atoms with Gasteiger partial charge in [-0.3, -0.25) is 0 Å². The summed E-state index contributed by atoms with van der Waals surface area (Å²) < 4.78 is 18.1. The molecule has 0 saturated carbocycles. The minimum absolute atomic E-state index is 0.274. The minimum Gasteiger partial charge on any atom is -0.465 e. The Morgan fingerprint density at radius 2 is 2.05 bits per heavy atom. The number of benzene rings is 2. The van der Waals surface area contributed by atoms with E-state index >= 15 is 0 Å². The molecule has 2 rings (SSSR count). The molecule has 0 atom stereocenters. The third-order valence-corrected chi connectivity index (χ3v) is 2.90. The molecule has 0 radical (unpaired) electrons.